The SMILES string of the molecule is Cc1ccc(Cc2cnc(NC(=O)c3ccc4c(c3)COCC4)s2)cc1F. The maximum absolute atomic E-state index is 13.7. The van der Waals surface area contributed by atoms with Crippen LogP contribution in [-0.4, -0.2) is 17.5 Å². The summed E-state index contributed by atoms with van der Waals surface area (Å²) in [6.45, 7) is 3.02. The molecule has 27 heavy (non-hydrogen) atoms. The molecule has 0 atom stereocenters. The number of carbonyl (C=O) groups is 1. The third kappa shape index (κ3) is 4.07. The van der Waals surface area contributed by atoms with Crippen LogP contribution < -0.4 is 5.32 Å². The standard InChI is InChI=1S/C21H19FN2O2S/c1-13-2-3-14(9-19(13)22)8-18-11-23-21(27-18)24-20(25)16-5-4-15-6-7-26-12-17(15)10-16/h2-5,9-11H,6-8,12H2,1H3,(H,23,24,25). The normalized spacial score (nSPS) is 13.3. The molecule has 0 bridgehead atoms. The van der Waals surface area contributed by atoms with Crippen LogP contribution in [0.3, 0.4) is 0 Å². The molecule has 0 radical (unpaired) electrons. The Bertz CT molecular complexity index is 1000. The molecule has 1 aliphatic heterocycles. The minimum absolute atomic E-state index is 0.189. The number of fused-ring (bicyclic) bond motifs is 1. The van der Waals surface area contributed by atoms with Crippen LogP contribution in [0.1, 0.15) is 37.5 Å². The average molecular weight is 382 g/mol. The molecule has 4 nitrogen and oxygen atoms in total. The van der Waals surface area contributed by atoms with Gasteiger partial charge in [0.25, 0.3) is 5.91 Å². The molecule has 0 aliphatic carbocycles. The summed E-state index contributed by atoms with van der Waals surface area (Å²) in [5.41, 5.74) is 4.41. The van der Waals surface area contributed by atoms with Crippen molar-refractivity contribution in [2.45, 2.75) is 26.4 Å². The van der Waals surface area contributed by atoms with Crippen molar-refractivity contribution in [3.8, 4) is 0 Å². The minimum Gasteiger partial charge on any atom is -0.376 e. The topological polar surface area (TPSA) is 51.2 Å². The molecule has 1 aliphatic rings. The van der Waals surface area contributed by atoms with E-state index in [4.69, 9.17) is 4.74 Å². The van der Waals surface area contributed by atoms with Gasteiger partial charge in [-0.15, -0.1) is 11.3 Å². The van der Waals surface area contributed by atoms with Crippen molar-refractivity contribution in [3.63, 3.8) is 0 Å². The number of benzene rings is 2. The summed E-state index contributed by atoms with van der Waals surface area (Å²) in [7, 11) is 0. The van der Waals surface area contributed by atoms with Gasteiger partial charge in [0.15, 0.2) is 5.13 Å². The molecule has 0 saturated carbocycles. The van der Waals surface area contributed by atoms with Gasteiger partial charge in [-0.05, 0) is 53.8 Å². The minimum atomic E-state index is -0.207. The number of carbonyl (C=O) groups excluding carboxylic acids is 1. The maximum atomic E-state index is 13.7. The van der Waals surface area contributed by atoms with Gasteiger partial charge >= 0.3 is 0 Å². The van der Waals surface area contributed by atoms with E-state index in [0.29, 0.717) is 29.3 Å². The van der Waals surface area contributed by atoms with Crippen LogP contribution in [0.2, 0.25) is 0 Å². The zero-order valence-electron chi connectivity index (χ0n) is 14.9. The number of rotatable bonds is 4. The Labute approximate surface area is 161 Å². The smallest absolute Gasteiger partial charge is 0.257 e. The van der Waals surface area contributed by atoms with Gasteiger partial charge in [-0.25, -0.2) is 9.37 Å². The molecule has 2 aromatic carbocycles. The van der Waals surface area contributed by atoms with E-state index in [1.165, 1.54) is 16.9 Å². The molecule has 0 spiro atoms. The van der Waals surface area contributed by atoms with Gasteiger partial charge in [0.2, 0.25) is 0 Å². The second kappa shape index (κ2) is 7.58. The van der Waals surface area contributed by atoms with Crippen LogP contribution in [-0.2, 0) is 24.2 Å². The Balaban J connectivity index is 1.44. The molecule has 1 amide bonds. The number of amides is 1. The number of thiazole rings is 1. The lowest BCUT2D eigenvalue weighted by Crippen LogP contribution is -2.15. The largest absolute Gasteiger partial charge is 0.376 e. The summed E-state index contributed by atoms with van der Waals surface area (Å²) in [6, 6.07) is 10.9. The number of hydrogen-bond acceptors (Lipinski definition) is 4. The first-order valence-corrected chi connectivity index (χ1v) is 9.61. The van der Waals surface area contributed by atoms with Crippen molar-refractivity contribution in [2.24, 2.45) is 0 Å². The predicted molar refractivity (Wildman–Crippen MR) is 104 cm³/mol. The Morgan fingerprint density at radius 2 is 2.15 bits per heavy atom. The van der Waals surface area contributed by atoms with Crippen molar-refractivity contribution in [1.82, 2.24) is 4.98 Å². The molecule has 1 N–H and O–H groups in total. The number of anilines is 1. The number of ether oxygens (including phenoxy) is 1. The Hall–Kier alpha value is -2.57. The summed E-state index contributed by atoms with van der Waals surface area (Å²) < 4.78 is 19.1. The van der Waals surface area contributed by atoms with Crippen LogP contribution >= 0.6 is 11.3 Å². The molecule has 0 fully saturated rings. The number of hydrogen-bond donors (Lipinski definition) is 1. The molecule has 0 unspecified atom stereocenters. The average Bonchev–Trinajstić information content (AvgIpc) is 3.11. The number of aromatic nitrogens is 1. The van der Waals surface area contributed by atoms with E-state index in [1.54, 1.807) is 25.3 Å². The van der Waals surface area contributed by atoms with Crippen molar-refractivity contribution < 1.29 is 13.9 Å². The van der Waals surface area contributed by atoms with Crippen molar-refractivity contribution in [1.29, 1.82) is 0 Å². The number of nitrogens with one attached hydrogen (secondary N) is 1. The van der Waals surface area contributed by atoms with E-state index in [2.05, 4.69) is 10.3 Å². The fourth-order valence-corrected chi connectivity index (χ4v) is 3.92. The van der Waals surface area contributed by atoms with Crippen molar-refractivity contribution in [3.05, 3.63) is 81.1 Å². The molecule has 6 heteroatoms. The van der Waals surface area contributed by atoms with E-state index in [0.717, 1.165) is 29.0 Å². The fourth-order valence-electron chi connectivity index (χ4n) is 3.07. The molecular formula is C21H19FN2O2S. The van der Waals surface area contributed by atoms with Gasteiger partial charge < -0.3 is 4.74 Å². The Kier molecular flexibility index (Phi) is 5.01. The van der Waals surface area contributed by atoms with Crippen LogP contribution in [0.25, 0.3) is 0 Å². The lowest BCUT2D eigenvalue weighted by atomic mass is 10.0. The van der Waals surface area contributed by atoms with Crippen LogP contribution in [0.5, 0.6) is 0 Å². The summed E-state index contributed by atoms with van der Waals surface area (Å²) in [6.07, 6.45) is 3.19. The van der Waals surface area contributed by atoms with Gasteiger partial charge in [-0.3, -0.25) is 10.1 Å². The zero-order valence-corrected chi connectivity index (χ0v) is 15.7. The molecule has 3 aromatic rings. The number of aryl methyl sites for hydroxylation is 1. The van der Waals surface area contributed by atoms with E-state index >= 15 is 0 Å². The second-order valence-corrected chi connectivity index (χ2v) is 7.75. The lowest BCUT2D eigenvalue weighted by molar-refractivity contribution is 0.102. The maximum Gasteiger partial charge on any atom is 0.257 e. The summed E-state index contributed by atoms with van der Waals surface area (Å²) >= 11 is 1.40. The molecule has 2 heterocycles. The zero-order chi connectivity index (χ0) is 18.8. The van der Waals surface area contributed by atoms with E-state index in [1.807, 2.05) is 24.3 Å². The summed E-state index contributed by atoms with van der Waals surface area (Å²) in [5.74, 6) is -0.396. The predicted octanol–water partition coefficient (Wildman–Crippen LogP) is 4.51. The molecule has 4 rings (SSSR count). The summed E-state index contributed by atoms with van der Waals surface area (Å²) in [4.78, 5) is 17.8. The van der Waals surface area contributed by atoms with Gasteiger partial charge in [0.1, 0.15) is 5.82 Å². The van der Waals surface area contributed by atoms with Gasteiger partial charge in [-0.1, -0.05) is 18.2 Å². The third-order valence-electron chi connectivity index (χ3n) is 4.63. The Morgan fingerprint density at radius 1 is 1.26 bits per heavy atom. The number of halogens is 1. The Morgan fingerprint density at radius 3 is 3.00 bits per heavy atom. The highest BCUT2D eigenvalue weighted by atomic mass is 32.1. The first-order chi connectivity index (χ1) is 13.1. The van der Waals surface area contributed by atoms with E-state index in [9.17, 15) is 9.18 Å². The third-order valence-corrected chi connectivity index (χ3v) is 5.54. The van der Waals surface area contributed by atoms with E-state index in [-0.39, 0.29) is 11.7 Å². The summed E-state index contributed by atoms with van der Waals surface area (Å²) in [5, 5.41) is 3.38. The second-order valence-electron chi connectivity index (χ2n) is 6.63. The van der Waals surface area contributed by atoms with Crippen LogP contribution in [0, 0.1) is 12.7 Å². The highest BCUT2D eigenvalue weighted by Gasteiger charge is 2.14. The molecule has 1 aromatic heterocycles. The fraction of sp³-hybridized carbons (Fsp3) is 0.238. The molecule has 138 valence electrons. The van der Waals surface area contributed by atoms with Gasteiger partial charge in [0, 0.05) is 23.1 Å². The van der Waals surface area contributed by atoms with E-state index < -0.39 is 0 Å². The van der Waals surface area contributed by atoms with Gasteiger partial charge in [0.05, 0.1) is 13.2 Å². The quantitative estimate of drug-likeness (QED) is 0.722. The highest BCUT2D eigenvalue weighted by Crippen LogP contribution is 2.24. The molecular weight excluding hydrogens is 363 g/mol. The van der Waals surface area contributed by atoms with Crippen LogP contribution in [0.15, 0.2) is 42.6 Å². The van der Waals surface area contributed by atoms with Crippen LogP contribution in [0.4, 0.5) is 9.52 Å². The van der Waals surface area contributed by atoms with Gasteiger partial charge in [-0.2, -0.15) is 0 Å². The highest BCUT2D eigenvalue weighted by molar-refractivity contribution is 7.15. The lowest BCUT2D eigenvalue weighted by Gasteiger charge is -2.16. The van der Waals surface area contributed by atoms with Crippen molar-refractivity contribution in [2.75, 3.05) is 11.9 Å². The molecule has 0 saturated heterocycles. The first-order valence-electron chi connectivity index (χ1n) is 8.79. The first kappa shape index (κ1) is 17.8. The monoisotopic (exact) mass is 382 g/mol. The number of nitrogens with zero attached hydrogens (tertiary/aromatic N) is 1. The van der Waals surface area contributed by atoms with Crippen molar-refractivity contribution >= 4 is 22.4 Å².